The summed E-state index contributed by atoms with van der Waals surface area (Å²) in [7, 11) is 0. The smallest absolute Gasteiger partial charge is 0.228 e. The van der Waals surface area contributed by atoms with E-state index in [0.717, 1.165) is 29.8 Å². The van der Waals surface area contributed by atoms with Gasteiger partial charge in [0.25, 0.3) is 0 Å². The molecule has 0 saturated carbocycles. The highest BCUT2D eigenvalue weighted by Crippen LogP contribution is 2.25. The second-order valence-electron chi connectivity index (χ2n) is 5.76. The number of hydrogen-bond acceptors (Lipinski definition) is 4. The van der Waals surface area contributed by atoms with Gasteiger partial charge in [0.05, 0.1) is 18.6 Å². The molecule has 2 aromatic heterocycles. The standard InChI is InChI=1S/C18H22N2O2S/c1-2-22-17-7-9-20(18(21)12-15-6-4-10-23-15)16(17)11-14-5-3-8-19-13-14/h3-6,8,10,13,16-17H,2,7,9,11-12H2,1H3/t16-,17-/m1/s1. The Morgan fingerprint density at radius 3 is 3.04 bits per heavy atom. The Balaban J connectivity index is 1.73. The second kappa shape index (κ2) is 7.70. The molecule has 0 aromatic carbocycles. The SMILES string of the molecule is CCO[C@@H]1CCN(C(=O)Cc2cccs2)[C@@H]1Cc1cccnc1. The van der Waals surface area contributed by atoms with Crippen LogP contribution in [0.2, 0.25) is 0 Å². The van der Waals surface area contributed by atoms with Crippen LogP contribution in [0.25, 0.3) is 0 Å². The molecule has 122 valence electrons. The molecule has 3 heterocycles. The van der Waals surface area contributed by atoms with Gasteiger partial charge in [0.1, 0.15) is 0 Å². The van der Waals surface area contributed by atoms with Gasteiger partial charge < -0.3 is 9.64 Å². The lowest BCUT2D eigenvalue weighted by atomic mass is 10.0. The number of pyridine rings is 1. The molecule has 0 radical (unpaired) electrons. The van der Waals surface area contributed by atoms with E-state index in [9.17, 15) is 4.79 Å². The third-order valence-corrected chi connectivity index (χ3v) is 5.13. The first-order valence-corrected chi connectivity index (χ1v) is 8.98. The van der Waals surface area contributed by atoms with E-state index in [4.69, 9.17) is 4.74 Å². The minimum absolute atomic E-state index is 0.103. The van der Waals surface area contributed by atoms with Gasteiger partial charge in [-0.2, -0.15) is 0 Å². The molecule has 2 atom stereocenters. The maximum absolute atomic E-state index is 12.7. The topological polar surface area (TPSA) is 42.4 Å². The molecule has 3 rings (SSSR count). The Kier molecular flexibility index (Phi) is 5.41. The summed E-state index contributed by atoms with van der Waals surface area (Å²) in [6.07, 6.45) is 5.97. The quantitative estimate of drug-likeness (QED) is 0.818. The lowest BCUT2D eigenvalue weighted by molar-refractivity contribution is -0.132. The van der Waals surface area contributed by atoms with Gasteiger partial charge in [-0.15, -0.1) is 11.3 Å². The molecule has 0 aliphatic carbocycles. The number of ether oxygens (including phenoxy) is 1. The van der Waals surface area contributed by atoms with Crippen LogP contribution in [-0.2, 0) is 22.4 Å². The highest BCUT2D eigenvalue weighted by molar-refractivity contribution is 7.10. The number of aromatic nitrogens is 1. The van der Waals surface area contributed by atoms with Gasteiger partial charge in [-0.3, -0.25) is 9.78 Å². The van der Waals surface area contributed by atoms with E-state index >= 15 is 0 Å². The largest absolute Gasteiger partial charge is 0.376 e. The van der Waals surface area contributed by atoms with Crippen molar-refractivity contribution in [2.75, 3.05) is 13.2 Å². The summed E-state index contributed by atoms with van der Waals surface area (Å²) in [6.45, 7) is 3.47. The van der Waals surface area contributed by atoms with Crippen LogP contribution in [0.4, 0.5) is 0 Å². The van der Waals surface area contributed by atoms with E-state index in [1.807, 2.05) is 41.6 Å². The average molecular weight is 330 g/mol. The van der Waals surface area contributed by atoms with Gasteiger partial charge in [0.2, 0.25) is 5.91 Å². The van der Waals surface area contributed by atoms with Crippen LogP contribution in [0.1, 0.15) is 23.8 Å². The fourth-order valence-corrected chi connectivity index (χ4v) is 3.91. The molecule has 23 heavy (non-hydrogen) atoms. The molecule has 4 nitrogen and oxygen atoms in total. The Labute approximate surface area is 141 Å². The maximum atomic E-state index is 12.7. The van der Waals surface area contributed by atoms with Crippen molar-refractivity contribution >= 4 is 17.2 Å². The molecule has 0 N–H and O–H groups in total. The summed E-state index contributed by atoms with van der Waals surface area (Å²) >= 11 is 1.64. The van der Waals surface area contributed by atoms with E-state index < -0.39 is 0 Å². The number of rotatable bonds is 6. The summed E-state index contributed by atoms with van der Waals surface area (Å²) in [6, 6.07) is 8.13. The Morgan fingerprint density at radius 1 is 1.43 bits per heavy atom. The summed E-state index contributed by atoms with van der Waals surface area (Å²) in [5.74, 6) is 0.198. The first-order chi connectivity index (χ1) is 11.3. The normalized spacial score (nSPS) is 20.8. The Morgan fingerprint density at radius 2 is 2.35 bits per heavy atom. The number of carbonyl (C=O) groups is 1. The van der Waals surface area contributed by atoms with Gasteiger partial charge in [0.15, 0.2) is 0 Å². The molecule has 0 bridgehead atoms. The van der Waals surface area contributed by atoms with Crippen molar-refractivity contribution in [1.29, 1.82) is 0 Å². The lowest BCUT2D eigenvalue weighted by Crippen LogP contribution is -2.42. The highest BCUT2D eigenvalue weighted by Gasteiger charge is 2.37. The van der Waals surface area contributed by atoms with Crippen LogP contribution in [0, 0.1) is 0 Å². The highest BCUT2D eigenvalue weighted by atomic mass is 32.1. The van der Waals surface area contributed by atoms with Gasteiger partial charge in [0, 0.05) is 30.4 Å². The van der Waals surface area contributed by atoms with E-state index in [-0.39, 0.29) is 18.1 Å². The fraction of sp³-hybridized carbons (Fsp3) is 0.444. The van der Waals surface area contributed by atoms with Crippen LogP contribution < -0.4 is 0 Å². The van der Waals surface area contributed by atoms with Crippen LogP contribution in [0.5, 0.6) is 0 Å². The number of amides is 1. The van der Waals surface area contributed by atoms with Crippen molar-refractivity contribution in [3.05, 3.63) is 52.5 Å². The zero-order chi connectivity index (χ0) is 16.1. The number of nitrogens with zero attached hydrogens (tertiary/aromatic N) is 2. The molecule has 0 unspecified atom stereocenters. The summed E-state index contributed by atoms with van der Waals surface area (Å²) in [5.41, 5.74) is 1.15. The van der Waals surface area contributed by atoms with E-state index in [1.54, 1.807) is 17.5 Å². The second-order valence-corrected chi connectivity index (χ2v) is 6.79. The van der Waals surface area contributed by atoms with Crippen molar-refractivity contribution < 1.29 is 9.53 Å². The third-order valence-electron chi connectivity index (χ3n) is 4.26. The molecule has 2 aromatic rings. The molecule has 1 aliphatic heterocycles. The molecular weight excluding hydrogens is 308 g/mol. The molecule has 1 aliphatic rings. The summed E-state index contributed by atoms with van der Waals surface area (Å²) < 4.78 is 5.89. The lowest BCUT2D eigenvalue weighted by Gasteiger charge is -2.28. The zero-order valence-corrected chi connectivity index (χ0v) is 14.2. The number of likely N-dealkylation sites (tertiary alicyclic amines) is 1. The molecule has 1 saturated heterocycles. The van der Waals surface area contributed by atoms with Crippen LogP contribution in [0.3, 0.4) is 0 Å². The van der Waals surface area contributed by atoms with Gasteiger partial charge in [-0.1, -0.05) is 12.1 Å². The van der Waals surface area contributed by atoms with E-state index in [2.05, 4.69) is 11.1 Å². The van der Waals surface area contributed by atoms with E-state index in [0.29, 0.717) is 13.0 Å². The van der Waals surface area contributed by atoms with Gasteiger partial charge >= 0.3 is 0 Å². The van der Waals surface area contributed by atoms with Gasteiger partial charge in [-0.25, -0.2) is 0 Å². The van der Waals surface area contributed by atoms with Crippen LogP contribution in [-0.4, -0.2) is 41.1 Å². The minimum Gasteiger partial charge on any atom is -0.376 e. The van der Waals surface area contributed by atoms with E-state index in [1.165, 1.54) is 0 Å². The number of thiophene rings is 1. The van der Waals surface area contributed by atoms with Crippen molar-refractivity contribution in [1.82, 2.24) is 9.88 Å². The number of carbonyl (C=O) groups excluding carboxylic acids is 1. The maximum Gasteiger partial charge on any atom is 0.228 e. The molecule has 0 spiro atoms. The molecule has 1 fully saturated rings. The van der Waals surface area contributed by atoms with Crippen LogP contribution in [0.15, 0.2) is 42.0 Å². The van der Waals surface area contributed by atoms with Crippen molar-refractivity contribution in [3.8, 4) is 0 Å². The Bertz CT molecular complexity index is 615. The van der Waals surface area contributed by atoms with Crippen molar-refractivity contribution in [2.24, 2.45) is 0 Å². The third kappa shape index (κ3) is 3.98. The average Bonchev–Trinajstić information content (AvgIpc) is 3.19. The molecular formula is C18H22N2O2S. The number of hydrogen-bond donors (Lipinski definition) is 0. The first-order valence-electron chi connectivity index (χ1n) is 8.10. The predicted octanol–water partition coefficient (Wildman–Crippen LogP) is 2.93. The monoisotopic (exact) mass is 330 g/mol. The van der Waals surface area contributed by atoms with Gasteiger partial charge in [-0.05, 0) is 42.8 Å². The Hall–Kier alpha value is -1.72. The zero-order valence-electron chi connectivity index (χ0n) is 13.4. The summed E-state index contributed by atoms with van der Waals surface area (Å²) in [5, 5.41) is 2.02. The molecule has 1 amide bonds. The minimum atomic E-state index is 0.103. The first kappa shape index (κ1) is 16.1. The predicted molar refractivity (Wildman–Crippen MR) is 91.5 cm³/mol. The van der Waals surface area contributed by atoms with Crippen molar-refractivity contribution in [2.45, 2.75) is 38.3 Å². The van der Waals surface area contributed by atoms with Crippen molar-refractivity contribution in [3.63, 3.8) is 0 Å². The molecule has 5 heteroatoms. The fourth-order valence-electron chi connectivity index (χ4n) is 3.21. The summed E-state index contributed by atoms with van der Waals surface area (Å²) in [4.78, 5) is 20.0. The van der Waals surface area contributed by atoms with Crippen LogP contribution >= 0.6 is 11.3 Å².